The molecule has 0 spiro atoms. The lowest BCUT2D eigenvalue weighted by Crippen LogP contribution is -2.33. The lowest BCUT2D eigenvalue weighted by molar-refractivity contribution is 0.245. The third-order valence-electron chi connectivity index (χ3n) is 1.49. The molecule has 0 radical (unpaired) electrons. The number of rotatable bonds is 3. The Morgan fingerprint density at radius 1 is 1.21 bits per heavy atom. The molecule has 0 saturated heterocycles. The van der Waals surface area contributed by atoms with Crippen LogP contribution in [0.4, 0.5) is 4.79 Å². The summed E-state index contributed by atoms with van der Waals surface area (Å²) in [5.74, 6) is 0. The van der Waals surface area contributed by atoms with Gasteiger partial charge < -0.3 is 5.32 Å². The Kier molecular flexibility index (Phi) is 3.93. The number of urea groups is 1. The van der Waals surface area contributed by atoms with Gasteiger partial charge in [0, 0.05) is 6.54 Å². The van der Waals surface area contributed by atoms with Crippen molar-refractivity contribution in [2.24, 2.45) is 0 Å². The van der Waals surface area contributed by atoms with E-state index >= 15 is 0 Å². The average molecular weight is 214 g/mol. The topological polar surface area (TPSA) is 75.3 Å². The van der Waals surface area contributed by atoms with Gasteiger partial charge in [-0.15, -0.1) is 0 Å². The van der Waals surface area contributed by atoms with Gasteiger partial charge in [0.25, 0.3) is 0 Å². The standard InChI is InChI=1S/C8H10N2O3S/c11-8(10-14(12)13)9-6-7-4-2-1-3-5-7/h1-5,14H,6H2,(H2,9,10,11,12,13). The number of hydrogen-bond donors (Lipinski definition) is 3. The highest BCUT2D eigenvalue weighted by atomic mass is 32.2. The van der Waals surface area contributed by atoms with E-state index in [4.69, 9.17) is 0 Å². The predicted molar refractivity (Wildman–Crippen MR) is 52.1 cm³/mol. The van der Waals surface area contributed by atoms with Crippen LogP contribution in [0.3, 0.4) is 0 Å². The fourth-order valence-electron chi connectivity index (χ4n) is 0.901. The molecular weight excluding hydrogens is 204 g/mol. The molecule has 1 aromatic carbocycles. The van der Waals surface area contributed by atoms with Gasteiger partial charge in [-0.2, -0.15) is 0 Å². The van der Waals surface area contributed by atoms with E-state index in [0.29, 0.717) is 6.54 Å². The van der Waals surface area contributed by atoms with E-state index in [1.54, 1.807) is 4.72 Å². The third kappa shape index (κ3) is 3.90. The first-order valence-electron chi connectivity index (χ1n) is 3.91. The van der Waals surface area contributed by atoms with Crippen molar-refractivity contribution < 1.29 is 13.2 Å². The van der Waals surface area contributed by atoms with Crippen molar-refractivity contribution >= 4 is 16.9 Å². The minimum atomic E-state index is -2.88. The Bertz CT molecular complexity index is 367. The largest absolute Gasteiger partial charge is 0.333 e. The van der Waals surface area contributed by atoms with Crippen molar-refractivity contribution in [1.29, 1.82) is 0 Å². The quantitative estimate of drug-likeness (QED) is 0.620. The van der Waals surface area contributed by atoms with Crippen LogP contribution < -0.4 is 10.0 Å². The molecule has 0 aliphatic rings. The summed E-state index contributed by atoms with van der Waals surface area (Å²) in [5, 5.41) is 2.40. The summed E-state index contributed by atoms with van der Waals surface area (Å²) in [7, 11) is -2.88. The molecule has 2 amide bonds. The Balaban J connectivity index is 2.38. The SMILES string of the molecule is O=C(NCc1ccccc1)N[SH](=O)=O. The summed E-state index contributed by atoms with van der Waals surface area (Å²) in [6.07, 6.45) is 0. The van der Waals surface area contributed by atoms with E-state index < -0.39 is 16.9 Å². The van der Waals surface area contributed by atoms with Crippen LogP contribution in [0.15, 0.2) is 30.3 Å². The second-order valence-electron chi connectivity index (χ2n) is 2.54. The molecule has 0 aliphatic carbocycles. The maximum atomic E-state index is 10.8. The molecule has 1 rings (SSSR count). The van der Waals surface area contributed by atoms with Gasteiger partial charge in [0.2, 0.25) is 10.9 Å². The smallest absolute Gasteiger partial charge is 0.328 e. The number of carbonyl (C=O) groups excluding carboxylic acids is 1. The summed E-state index contributed by atoms with van der Waals surface area (Å²) >= 11 is 0. The van der Waals surface area contributed by atoms with Crippen LogP contribution in [0.5, 0.6) is 0 Å². The van der Waals surface area contributed by atoms with E-state index in [0.717, 1.165) is 5.56 Å². The van der Waals surface area contributed by atoms with Gasteiger partial charge in [0.1, 0.15) is 0 Å². The Morgan fingerprint density at radius 2 is 1.86 bits per heavy atom. The summed E-state index contributed by atoms with van der Waals surface area (Å²) in [5.41, 5.74) is 0.906. The number of hydrogen-bond acceptors (Lipinski definition) is 3. The van der Waals surface area contributed by atoms with Gasteiger partial charge in [-0.25, -0.2) is 17.9 Å². The first-order chi connectivity index (χ1) is 6.68. The minimum Gasteiger partial charge on any atom is -0.333 e. The first kappa shape index (κ1) is 10.5. The first-order valence-corrected chi connectivity index (χ1v) is 5.09. The van der Waals surface area contributed by atoms with Crippen LogP contribution in [-0.4, -0.2) is 14.4 Å². The Labute approximate surface area is 83.2 Å². The highest BCUT2D eigenvalue weighted by Gasteiger charge is 1.98. The van der Waals surface area contributed by atoms with Gasteiger partial charge in [0.05, 0.1) is 0 Å². The van der Waals surface area contributed by atoms with Crippen molar-refractivity contribution in [3.05, 3.63) is 35.9 Å². The van der Waals surface area contributed by atoms with Gasteiger partial charge >= 0.3 is 6.03 Å². The van der Waals surface area contributed by atoms with Crippen molar-refractivity contribution in [3.63, 3.8) is 0 Å². The molecule has 76 valence electrons. The molecule has 0 fully saturated rings. The predicted octanol–water partition coefficient (Wildman–Crippen LogP) is 0.0122. The van der Waals surface area contributed by atoms with Crippen molar-refractivity contribution in [1.82, 2.24) is 10.0 Å². The van der Waals surface area contributed by atoms with Gasteiger partial charge in [-0.3, -0.25) is 0 Å². The summed E-state index contributed by atoms with van der Waals surface area (Å²) in [6.45, 7) is 0.301. The lowest BCUT2D eigenvalue weighted by Gasteiger charge is -2.02. The second kappa shape index (κ2) is 5.23. The van der Waals surface area contributed by atoms with E-state index in [9.17, 15) is 13.2 Å². The van der Waals surface area contributed by atoms with Crippen LogP contribution in [0.1, 0.15) is 5.56 Å². The number of nitrogens with one attached hydrogen (secondary N) is 2. The van der Waals surface area contributed by atoms with E-state index in [2.05, 4.69) is 5.32 Å². The molecule has 5 nitrogen and oxygen atoms in total. The summed E-state index contributed by atoms with van der Waals surface area (Å²) < 4.78 is 21.9. The summed E-state index contributed by atoms with van der Waals surface area (Å²) in [6, 6.07) is 8.48. The van der Waals surface area contributed by atoms with E-state index in [1.807, 2.05) is 30.3 Å². The molecule has 0 heterocycles. The Hall–Kier alpha value is -1.56. The fraction of sp³-hybridized carbons (Fsp3) is 0.125. The van der Waals surface area contributed by atoms with Gasteiger partial charge in [-0.05, 0) is 5.56 Å². The highest BCUT2D eigenvalue weighted by molar-refractivity contribution is 7.70. The molecule has 0 saturated carbocycles. The zero-order valence-electron chi connectivity index (χ0n) is 7.27. The van der Waals surface area contributed by atoms with Crippen molar-refractivity contribution in [3.8, 4) is 0 Å². The summed E-state index contributed by atoms with van der Waals surface area (Å²) in [4.78, 5) is 10.8. The van der Waals surface area contributed by atoms with E-state index in [-0.39, 0.29) is 0 Å². The normalized spacial score (nSPS) is 9.79. The van der Waals surface area contributed by atoms with Crippen LogP contribution in [0, 0.1) is 0 Å². The molecular formula is C8H10N2O3S. The van der Waals surface area contributed by atoms with Crippen LogP contribution in [0.25, 0.3) is 0 Å². The average Bonchev–Trinajstić information content (AvgIpc) is 2.15. The third-order valence-corrected chi connectivity index (χ3v) is 1.87. The number of thiol groups is 1. The van der Waals surface area contributed by atoms with Gasteiger partial charge in [-0.1, -0.05) is 30.3 Å². The minimum absolute atomic E-state index is 0.301. The maximum absolute atomic E-state index is 10.8. The molecule has 0 atom stereocenters. The zero-order valence-corrected chi connectivity index (χ0v) is 8.16. The fourth-order valence-corrected chi connectivity index (χ4v) is 1.15. The molecule has 0 bridgehead atoms. The molecule has 1 aromatic rings. The van der Waals surface area contributed by atoms with Crippen LogP contribution in [-0.2, 0) is 17.4 Å². The molecule has 2 N–H and O–H groups in total. The molecule has 6 heteroatoms. The van der Waals surface area contributed by atoms with Crippen LogP contribution in [0.2, 0.25) is 0 Å². The molecule has 0 aliphatic heterocycles. The van der Waals surface area contributed by atoms with Crippen molar-refractivity contribution in [2.75, 3.05) is 0 Å². The molecule has 0 aromatic heterocycles. The number of carbonyl (C=O) groups is 1. The maximum Gasteiger partial charge on any atom is 0.328 e. The molecule has 14 heavy (non-hydrogen) atoms. The lowest BCUT2D eigenvalue weighted by atomic mass is 10.2. The zero-order chi connectivity index (χ0) is 10.4. The highest BCUT2D eigenvalue weighted by Crippen LogP contribution is 1.96. The van der Waals surface area contributed by atoms with Gasteiger partial charge in [0.15, 0.2) is 0 Å². The molecule has 0 unspecified atom stereocenters. The number of amides is 2. The second-order valence-corrected chi connectivity index (χ2v) is 3.28. The van der Waals surface area contributed by atoms with Crippen molar-refractivity contribution in [2.45, 2.75) is 6.54 Å². The van der Waals surface area contributed by atoms with E-state index in [1.165, 1.54) is 0 Å². The number of benzene rings is 1. The van der Waals surface area contributed by atoms with Crippen LogP contribution >= 0.6 is 0 Å². The monoisotopic (exact) mass is 214 g/mol. The Morgan fingerprint density at radius 3 is 2.43 bits per heavy atom.